The summed E-state index contributed by atoms with van der Waals surface area (Å²) >= 11 is 6.18. The molecule has 2 amide bonds. The van der Waals surface area contributed by atoms with Crippen molar-refractivity contribution < 1.29 is 32.6 Å². The largest absolute Gasteiger partial charge is 0.504 e. The molecule has 2 aromatic carbocycles. The molecule has 1 aliphatic heterocycles. The lowest BCUT2D eigenvalue weighted by molar-refractivity contribution is -0.137. The van der Waals surface area contributed by atoms with Crippen LogP contribution in [0.15, 0.2) is 47.4 Å². The molecule has 11 heteroatoms. The molecule has 0 atom stereocenters. The van der Waals surface area contributed by atoms with Crippen LogP contribution in [-0.2, 0) is 15.8 Å². The maximum atomic E-state index is 12.8. The molecule has 1 aliphatic rings. The number of phenols is 1. The predicted molar refractivity (Wildman–Crippen MR) is 119 cm³/mol. The summed E-state index contributed by atoms with van der Waals surface area (Å²) in [5.41, 5.74) is -0.359. The summed E-state index contributed by atoms with van der Waals surface area (Å²) in [4.78, 5) is 26.4. The van der Waals surface area contributed by atoms with Crippen molar-refractivity contribution in [1.29, 1.82) is 0 Å². The van der Waals surface area contributed by atoms with Crippen LogP contribution in [0.1, 0.15) is 18.1 Å². The maximum Gasteiger partial charge on any atom is 0.416 e. The van der Waals surface area contributed by atoms with E-state index in [-0.39, 0.29) is 26.4 Å². The van der Waals surface area contributed by atoms with Gasteiger partial charge in [0.2, 0.25) is 5.91 Å². The minimum atomic E-state index is -4.54. The first-order chi connectivity index (χ1) is 15.1. The van der Waals surface area contributed by atoms with Gasteiger partial charge in [0.15, 0.2) is 11.5 Å². The number of benzene rings is 2. The molecule has 168 valence electrons. The second-order valence-electron chi connectivity index (χ2n) is 6.55. The highest BCUT2D eigenvalue weighted by Gasteiger charge is 2.34. The lowest BCUT2D eigenvalue weighted by Crippen LogP contribution is -2.36. The molecule has 0 unspecified atom stereocenters. The minimum absolute atomic E-state index is 0.0391. The Morgan fingerprint density at radius 2 is 2.03 bits per heavy atom. The number of carbonyl (C=O) groups excluding carboxylic acids is 2. The molecule has 2 N–H and O–H groups in total. The van der Waals surface area contributed by atoms with Gasteiger partial charge in [-0.1, -0.05) is 36.1 Å². The Morgan fingerprint density at radius 1 is 1.28 bits per heavy atom. The van der Waals surface area contributed by atoms with E-state index in [1.807, 2.05) is 0 Å². The molecular formula is C21H17F3N2O4S2. The quantitative estimate of drug-likeness (QED) is 0.461. The number of nitrogens with zero attached hydrogens (tertiary/aromatic N) is 1. The monoisotopic (exact) mass is 482 g/mol. The number of halogens is 3. The number of hydrogen-bond donors (Lipinski definition) is 2. The fourth-order valence-corrected chi connectivity index (χ4v) is 4.05. The van der Waals surface area contributed by atoms with Gasteiger partial charge in [-0.05, 0) is 48.9 Å². The summed E-state index contributed by atoms with van der Waals surface area (Å²) in [6, 6.07) is 8.77. The number of rotatable bonds is 6. The third-order valence-electron chi connectivity index (χ3n) is 4.23. The molecule has 32 heavy (non-hydrogen) atoms. The zero-order valence-corrected chi connectivity index (χ0v) is 18.2. The van der Waals surface area contributed by atoms with Crippen LogP contribution in [0.2, 0.25) is 0 Å². The van der Waals surface area contributed by atoms with Crippen molar-refractivity contribution in [2.75, 3.05) is 18.5 Å². The van der Waals surface area contributed by atoms with Crippen LogP contribution in [0.25, 0.3) is 6.08 Å². The Hall–Kier alpha value is -3.05. The number of hydrogen-bond acceptors (Lipinski definition) is 6. The highest BCUT2D eigenvalue weighted by molar-refractivity contribution is 8.26. The molecule has 0 saturated carbocycles. The molecule has 0 radical (unpaired) electrons. The first-order valence-electron chi connectivity index (χ1n) is 9.26. The summed E-state index contributed by atoms with van der Waals surface area (Å²) < 4.78 is 44.0. The van der Waals surface area contributed by atoms with Crippen molar-refractivity contribution in [3.63, 3.8) is 0 Å². The fourth-order valence-electron chi connectivity index (χ4n) is 2.80. The van der Waals surface area contributed by atoms with E-state index >= 15 is 0 Å². The van der Waals surface area contributed by atoms with Crippen molar-refractivity contribution in [3.8, 4) is 11.5 Å². The van der Waals surface area contributed by atoms with Crippen LogP contribution in [-0.4, -0.2) is 39.3 Å². The van der Waals surface area contributed by atoms with Crippen LogP contribution in [0, 0.1) is 0 Å². The Kier molecular flexibility index (Phi) is 7.09. The number of amides is 2. The molecule has 0 aromatic heterocycles. The Bertz CT molecular complexity index is 1100. The van der Waals surface area contributed by atoms with Gasteiger partial charge in [0.25, 0.3) is 5.91 Å². The molecular weight excluding hydrogens is 465 g/mol. The van der Waals surface area contributed by atoms with Crippen LogP contribution in [0.5, 0.6) is 11.5 Å². The normalized spacial score (nSPS) is 15.4. The first-order valence-corrected chi connectivity index (χ1v) is 10.5. The van der Waals surface area contributed by atoms with Gasteiger partial charge in [-0.2, -0.15) is 13.2 Å². The third-order valence-corrected chi connectivity index (χ3v) is 5.61. The molecule has 2 aromatic rings. The highest BCUT2D eigenvalue weighted by Crippen LogP contribution is 2.35. The van der Waals surface area contributed by atoms with Crippen molar-refractivity contribution in [1.82, 2.24) is 4.90 Å². The second kappa shape index (κ2) is 9.61. The first kappa shape index (κ1) is 23.6. The zero-order chi connectivity index (χ0) is 23.5. The van der Waals surface area contributed by atoms with Gasteiger partial charge in [-0.25, -0.2) is 0 Å². The zero-order valence-electron chi connectivity index (χ0n) is 16.6. The van der Waals surface area contributed by atoms with Crippen LogP contribution in [0.4, 0.5) is 18.9 Å². The Labute approximate surface area is 191 Å². The van der Waals surface area contributed by atoms with Crippen LogP contribution >= 0.6 is 24.0 Å². The molecule has 0 spiro atoms. The summed E-state index contributed by atoms with van der Waals surface area (Å²) in [5, 5.41) is 12.1. The number of alkyl halides is 3. The molecule has 1 heterocycles. The number of thioether (sulfide) groups is 1. The molecule has 1 fully saturated rings. The average Bonchev–Trinajstić information content (AvgIpc) is 2.97. The molecule has 0 bridgehead atoms. The number of ether oxygens (including phenoxy) is 1. The van der Waals surface area contributed by atoms with Crippen LogP contribution in [0.3, 0.4) is 0 Å². The van der Waals surface area contributed by atoms with Crippen molar-refractivity contribution in [3.05, 3.63) is 58.5 Å². The van der Waals surface area contributed by atoms with Crippen molar-refractivity contribution >= 4 is 51.9 Å². The number of thiocarbonyl (C=S) groups is 1. The molecule has 3 rings (SSSR count). The van der Waals surface area contributed by atoms with E-state index in [0.29, 0.717) is 12.2 Å². The second-order valence-corrected chi connectivity index (χ2v) is 8.23. The van der Waals surface area contributed by atoms with Crippen molar-refractivity contribution in [2.45, 2.75) is 13.1 Å². The van der Waals surface area contributed by atoms with Gasteiger partial charge in [-0.3, -0.25) is 14.5 Å². The van der Waals surface area contributed by atoms with Gasteiger partial charge in [0, 0.05) is 5.69 Å². The highest BCUT2D eigenvalue weighted by atomic mass is 32.2. The number of nitrogens with one attached hydrogen (secondary N) is 1. The van der Waals surface area contributed by atoms with E-state index in [9.17, 15) is 27.9 Å². The smallest absolute Gasteiger partial charge is 0.416 e. The van der Waals surface area contributed by atoms with Crippen molar-refractivity contribution in [2.24, 2.45) is 0 Å². The third kappa shape index (κ3) is 5.60. The van der Waals surface area contributed by atoms with Gasteiger partial charge < -0.3 is 15.2 Å². The summed E-state index contributed by atoms with van der Waals surface area (Å²) in [7, 11) is 0. The van der Waals surface area contributed by atoms with E-state index in [1.165, 1.54) is 18.2 Å². The van der Waals surface area contributed by atoms with E-state index in [4.69, 9.17) is 17.0 Å². The average molecular weight is 483 g/mol. The number of anilines is 1. The topological polar surface area (TPSA) is 78.9 Å². The standard InChI is InChI=1S/C21H17F3N2O4S2/c1-2-30-16-8-12(6-7-15(16)27)9-17-19(29)26(20(31)32-17)11-18(28)25-14-5-3-4-13(10-14)21(22,23)24/h3-10,27H,2,11H2,1H3,(H,25,28)/b17-9-. The lowest BCUT2D eigenvalue weighted by Gasteiger charge is -2.15. The summed E-state index contributed by atoms with van der Waals surface area (Å²) in [6.45, 7) is 1.67. The maximum absolute atomic E-state index is 12.8. The van der Waals surface area contributed by atoms with Crippen LogP contribution < -0.4 is 10.1 Å². The summed E-state index contributed by atoms with van der Waals surface area (Å²) in [6.07, 6.45) is -2.99. The number of carbonyl (C=O) groups is 2. The van der Waals surface area contributed by atoms with Gasteiger partial charge in [-0.15, -0.1) is 0 Å². The number of aromatic hydroxyl groups is 1. The fraction of sp³-hybridized carbons (Fsp3) is 0.190. The molecule has 6 nitrogen and oxygen atoms in total. The van der Waals surface area contributed by atoms with E-state index in [1.54, 1.807) is 25.1 Å². The lowest BCUT2D eigenvalue weighted by atomic mass is 10.2. The number of phenolic OH excluding ortho intramolecular Hbond substituents is 1. The SMILES string of the molecule is CCOc1cc(/C=C2\SC(=S)N(CC(=O)Nc3cccc(C(F)(F)F)c3)C2=O)ccc1O. The van der Waals surface area contributed by atoms with E-state index in [0.717, 1.165) is 28.8 Å². The summed E-state index contributed by atoms with van der Waals surface area (Å²) in [5.74, 6) is -0.977. The van der Waals surface area contributed by atoms with Gasteiger partial charge in [0.1, 0.15) is 10.9 Å². The van der Waals surface area contributed by atoms with Gasteiger partial charge >= 0.3 is 6.18 Å². The Balaban J connectivity index is 1.71. The van der Waals surface area contributed by atoms with Gasteiger partial charge in [0.05, 0.1) is 17.1 Å². The predicted octanol–water partition coefficient (Wildman–Crippen LogP) is 4.65. The minimum Gasteiger partial charge on any atom is -0.504 e. The van der Waals surface area contributed by atoms with E-state index < -0.39 is 30.1 Å². The van der Waals surface area contributed by atoms with E-state index in [2.05, 4.69) is 5.32 Å². The molecule has 0 aliphatic carbocycles. The molecule has 1 saturated heterocycles. The Morgan fingerprint density at radius 3 is 2.72 bits per heavy atom.